The first-order valence-electron chi connectivity index (χ1n) is 7.07. The highest BCUT2D eigenvalue weighted by molar-refractivity contribution is 5.72. The Morgan fingerprint density at radius 1 is 1.16 bits per heavy atom. The zero-order valence-corrected chi connectivity index (χ0v) is 11.8. The molecule has 0 atom stereocenters. The third-order valence-electron chi connectivity index (χ3n) is 4.13. The molecule has 0 unspecified atom stereocenters. The van der Waals surface area contributed by atoms with Crippen molar-refractivity contribution in [3.05, 3.63) is 17.2 Å². The number of nitrogens with one attached hydrogen (secondary N) is 1. The summed E-state index contributed by atoms with van der Waals surface area (Å²) >= 11 is 0. The number of nitrogens with zero attached hydrogens (tertiary/aromatic N) is 1. The van der Waals surface area contributed by atoms with Crippen LogP contribution in [-0.2, 0) is 13.0 Å². The van der Waals surface area contributed by atoms with E-state index in [0.29, 0.717) is 0 Å². The summed E-state index contributed by atoms with van der Waals surface area (Å²) < 4.78 is 11.2. The van der Waals surface area contributed by atoms with Crippen LogP contribution in [0.5, 0.6) is 11.5 Å². The second-order valence-electron chi connectivity index (χ2n) is 5.22. The van der Waals surface area contributed by atoms with Gasteiger partial charge in [0.15, 0.2) is 11.5 Å². The molecule has 0 aromatic heterocycles. The smallest absolute Gasteiger partial charge is 0.184 e. The van der Waals surface area contributed by atoms with Crippen LogP contribution in [0.25, 0.3) is 0 Å². The first-order chi connectivity index (χ1) is 9.35. The summed E-state index contributed by atoms with van der Waals surface area (Å²) in [5.41, 5.74) is 4.07. The van der Waals surface area contributed by atoms with Gasteiger partial charge in [-0.1, -0.05) is 0 Å². The van der Waals surface area contributed by atoms with Crippen molar-refractivity contribution in [3.8, 4) is 11.5 Å². The van der Waals surface area contributed by atoms with Gasteiger partial charge in [0.05, 0.1) is 19.9 Å². The minimum atomic E-state index is 0.854. The molecule has 0 amide bonds. The molecule has 19 heavy (non-hydrogen) atoms. The lowest BCUT2D eigenvalue weighted by Crippen LogP contribution is -2.28. The van der Waals surface area contributed by atoms with E-state index in [1.165, 1.54) is 29.7 Å². The Balaban J connectivity index is 2.15. The molecule has 1 aromatic rings. The summed E-state index contributed by atoms with van der Waals surface area (Å²) in [5.74, 6) is 1.76. The van der Waals surface area contributed by atoms with Crippen LogP contribution in [0.3, 0.4) is 0 Å². The molecule has 0 aliphatic carbocycles. The number of methoxy groups -OCH3 is 2. The van der Waals surface area contributed by atoms with Crippen LogP contribution in [0.2, 0.25) is 0 Å². The first kappa shape index (κ1) is 12.6. The van der Waals surface area contributed by atoms with Crippen molar-refractivity contribution in [3.63, 3.8) is 0 Å². The molecule has 104 valence electrons. The Bertz CT molecular complexity index is 453. The Labute approximate surface area is 114 Å². The van der Waals surface area contributed by atoms with Crippen molar-refractivity contribution in [2.45, 2.75) is 25.8 Å². The zero-order chi connectivity index (χ0) is 13.2. The summed E-state index contributed by atoms with van der Waals surface area (Å²) in [6.45, 7) is 4.23. The van der Waals surface area contributed by atoms with Gasteiger partial charge in [-0.05, 0) is 43.0 Å². The third kappa shape index (κ3) is 2.14. The minimum absolute atomic E-state index is 0.854. The number of benzene rings is 1. The lowest BCUT2D eigenvalue weighted by Gasteiger charge is -2.29. The van der Waals surface area contributed by atoms with Gasteiger partial charge >= 0.3 is 0 Å². The summed E-state index contributed by atoms with van der Waals surface area (Å²) in [6, 6.07) is 2.12. The summed E-state index contributed by atoms with van der Waals surface area (Å²) in [7, 11) is 3.46. The topological polar surface area (TPSA) is 33.7 Å². The van der Waals surface area contributed by atoms with Crippen molar-refractivity contribution in [2.24, 2.45) is 0 Å². The molecule has 0 bridgehead atoms. The van der Waals surface area contributed by atoms with Crippen molar-refractivity contribution < 1.29 is 9.47 Å². The average Bonchev–Trinajstić information content (AvgIpc) is 2.98. The molecule has 1 aromatic carbocycles. The second kappa shape index (κ2) is 5.29. The maximum atomic E-state index is 5.66. The molecule has 0 spiro atoms. The van der Waals surface area contributed by atoms with E-state index in [4.69, 9.17) is 9.47 Å². The van der Waals surface area contributed by atoms with Gasteiger partial charge in [0.1, 0.15) is 0 Å². The Morgan fingerprint density at radius 3 is 2.63 bits per heavy atom. The van der Waals surface area contributed by atoms with Crippen LogP contribution in [0.4, 0.5) is 5.69 Å². The predicted octanol–water partition coefficient (Wildman–Crippen LogP) is 1.95. The maximum absolute atomic E-state index is 5.66. The Hall–Kier alpha value is -1.42. The first-order valence-corrected chi connectivity index (χ1v) is 7.07. The van der Waals surface area contributed by atoms with Gasteiger partial charge in [-0.15, -0.1) is 0 Å². The third-order valence-corrected chi connectivity index (χ3v) is 4.13. The van der Waals surface area contributed by atoms with E-state index in [2.05, 4.69) is 16.3 Å². The number of hydrogen-bond donors (Lipinski definition) is 1. The Kier molecular flexibility index (Phi) is 3.51. The molecule has 1 saturated heterocycles. The fourth-order valence-corrected chi connectivity index (χ4v) is 3.21. The van der Waals surface area contributed by atoms with Gasteiger partial charge in [0, 0.05) is 19.6 Å². The Morgan fingerprint density at radius 2 is 1.95 bits per heavy atom. The van der Waals surface area contributed by atoms with Gasteiger partial charge in [-0.25, -0.2) is 0 Å². The van der Waals surface area contributed by atoms with Crippen LogP contribution < -0.4 is 19.7 Å². The lowest BCUT2D eigenvalue weighted by molar-refractivity contribution is 0.353. The van der Waals surface area contributed by atoms with Crippen LogP contribution in [-0.4, -0.2) is 33.9 Å². The minimum Gasteiger partial charge on any atom is -0.493 e. The van der Waals surface area contributed by atoms with Crippen LogP contribution in [0, 0.1) is 0 Å². The zero-order valence-electron chi connectivity index (χ0n) is 11.8. The van der Waals surface area contributed by atoms with Crippen molar-refractivity contribution in [1.29, 1.82) is 0 Å². The highest BCUT2D eigenvalue weighted by atomic mass is 16.5. The number of anilines is 1. The summed E-state index contributed by atoms with van der Waals surface area (Å²) in [4.78, 5) is 2.46. The second-order valence-corrected chi connectivity index (χ2v) is 5.22. The van der Waals surface area contributed by atoms with Crippen molar-refractivity contribution >= 4 is 5.69 Å². The lowest BCUT2D eigenvalue weighted by atomic mass is 9.97. The molecule has 4 heteroatoms. The quantitative estimate of drug-likeness (QED) is 0.903. The molecule has 2 aliphatic rings. The molecule has 4 nitrogen and oxygen atoms in total. The molecule has 0 radical (unpaired) electrons. The molecule has 3 rings (SSSR count). The van der Waals surface area contributed by atoms with Gasteiger partial charge in [0.2, 0.25) is 0 Å². The maximum Gasteiger partial charge on any atom is 0.184 e. The molecule has 1 fully saturated rings. The average molecular weight is 262 g/mol. The standard InChI is InChI=1S/C15H22N2O2/c1-18-13-9-11-10-16-6-5-12(11)14(15(13)19-2)17-7-3-4-8-17/h9,16H,3-8,10H2,1-2H3. The van der Waals surface area contributed by atoms with Crippen molar-refractivity contribution in [1.82, 2.24) is 5.32 Å². The van der Waals surface area contributed by atoms with Gasteiger partial charge in [0.25, 0.3) is 0 Å². The van der Waals surface area contributed by atoms with E-state index < -0.39 is 0 Å². The van der Waals surface area contributed by atoms with E-state index in [1.54, 1.807) is 14.2 Å². The van der Waals surface area contributed by atoms with E-state index >= 15 is 0 Å². The highest BCUT2D eigenvalue weighted by Gasteiger charge is 2.26. The van der Waals surface area contributed by atoms with Crippen LogP contribution in [0.15, 0.2) is 6.07 Å². The van der Waals surface area contributed by atoms with Gasteiger partial charge in [-0.3, -0.25) is 0 Å². The summed E-state index contributed by atoms with van der Waals surface area (Å²) in [6.07, 6.45) is 3.61. The fourth-order valence-electron chi connectivity index (χ4n) is 3.21. The molecule has 1 N–H and O–H groups in total. The fraction of sp³-hybridized carbons (Fsp3) is 0.600. The van der Waals surface area contributed by atoms with E-state index in [9.17, 15) is 0 Å². The molecule has 0 saturated carbocycles. The van der Waals surface area contributed by atoms with E-state index in [-0.39, 0.29) is 0 Å². The monoisotopic (exact) mass is 262 g/mol. The van der Waals surface area contributed by atoms with E-state index in [1.807, 2.05) is 0 Å². The molecule has 2 aliphatic heterocycles. The van der Waals surface area contributed by atoms with E-state index in [0.717, 1.165) is 44.1 Å². The molecular formula is C15H22N2O2. The normalized spacial score (nSPS) is 18.3. The number of hydrogen-bond acceptors (Lipinski definition) is 4. The summed E-state index contributed by atoms with van der Waals surface area (Å²) in [5, 5.41) is 3.43. The van der Waals surface area contributed by atoms with Crippen LogP contribution in [0.1, 0.15) is 24.0 Å². The predicted molar refractivity (Wildman–Crippen MR) is 76.4 cm³/mol. The largest absolute Gasteiger partial charge is 0.493 e. The molecular weight excluding hydrogens is 240 g/mol. The number of fused-ring (bicyclic) bond motifs is 1. The SMILES string of the molecule is COc1cc2c(c(N3CCCC3)c1OC)CCNC2. The van der Waals surface area contributed by atoms with Crippen LogP contribution >= 0.6 is 0 Å². The van der Waals surface area contributed by atoms with Gasteiger partial charge < -0.3 is 19.7 Å². The van der Waals surface area contributed by atoms with Crippen molar-refractivity contribution in [2.75, 3.05) is 38.8 Å². The highest BCUT2D eigenvalue weighted by Crippen LogP contribution is 2.44. The number of rotatable bonds is 3. The number of ether oxygens (including phenoxy) is 2. The molecule has 2 heterocycles. The van der Waals surface area contributed by atoms with Gasteiger partial charge in [-0.2, -0.15) is 0 Å².